The number of nitrogens with one attached hydrogen (secondary N) is 1. The van der Waals surface area contributed by atoms with Crippen LogP contribution in [0.3, 0.4) is 0 Å². The highest BCUT2D eigenvalue weighted by molar-refractivity contribution is 8.01. The average molecular weight is 382 g/mol. The van der Waals surface area contributed by atoms with E-state index in [0.29, 0.717) is 12.6 Å². The fraction of sp³-hybridized carbons (Fsp3) is 0.333. The lowest BCUT2D eigenvalue weighted by molar-refractivity contribution is -0.133. The molecule has 1 fully saturated rings. The molecule has 1 heterocycles. The number of amides is 2. The van der Waals surface area contributed by atoms with Gasteiger partial charge in [-0.15, -0.1) is 11.8 Å². The summed E-state index contributed by atoms with van der Waals surface area (Å²) in [6.07, 6.45) is 2.29. The summed E-state index contributed by atoms with van der Waals surface area (Å²) < 4.78 is 5.19. The van der Waals surface area contributed by atoms with E-state index >= 15 is 0 Å². The van der Waals surface area contributed by atoms with Gasteiger partial charge in [0.05, 0.1) is 18.0 Å². The van der Waals surface area contributed by atoms with Crippen molar-refractivity contribution in [3.8, 4) is 5.75 Å². The van der Waals surface area contributed by atoms with Crippen molar-refractivity contribution < 1.29 is 14.3 Å². The number of fused-ring (bicyclic) bond motifs is 1. The molecule has 2 aliphatic rings. The van der Waals surface area contributed by atoms with Gasteiger partial charge in [-0.25, -0.2) is 0 Å². The van der Waals surface area contributed by atoms with Gasteiger partial charge in [-0.1, -0.05) is 24.3 Å². The van der Waals surface area contributed by atoms with Gasteiger partial charge in [0.25, 0.3) is 0 Å². The van der Waals surface area contributed by atoms with Crippen LogP contribution >= 0.6 is 11.8 Å². The molecule has 2 aromatic carbocycles. The van der Waals surface area contributed by atoms with Crippen LogP contribution in [0.15, 0.2) is 53.4 Å². The second kappa shape index (κ2) is 7.64. The van der Waals surface area contributed by atoms with Crippen molar-refractivity contribution in [3.05, 3.63) is 54.1 Å². The van der Waals surface area contributed by atoms with E-state index in [4.69, 9.17) is 4.74 Å². The van der Waals surface area contributed by atoms with E-state index in [-0.39, 0.29) is 23.5 Å². The molecule has 1 N–H and O–H groups in total. The first kappa shape index (κ1) is 17.9. The summed E-state index contributed by atoms with van der Waals surface area (Å²) >= 11 is 1.48. The first-order valence-electron chi connectivity index (χ1n) is 9.13. The minimum absolute atomic E-state index is 0.0420. The SMILES string of the molecule is COc1ccc(CN(C(=O)C[C@@H]2Sc3ccccc3NC2=O)C2CC2)cc1. The normalized spacial score (nSPS) is 18.4. The van der Waals surface area contributed by atoms with E-state index in [1.165, 1.54) is 11.8 Å². The first-order chi connectivity index (χ1) is 13.1. The molecule has 2 aromatic rings. The Labute approximate surface area is 163 Å². The summed E-state index contributed by atoms with van der Waals surface area (Å²) in [7, 11) is 1.64. The Bertz CT molecular complexity index is 849. The van der Waals surface area contributed by atoms with Crippen LogP contribution in [-0.4, -0.2) is 35.1 Å². The van der Waals surface area contributed by atoms with E-state index < -0.39 is 0 Å². The van der Waals surface area contributed by atoms with Crippen LogP contribution in [0.4, 0.5) is 5.69 Å². The maximum Gasteiger partial charge on any atom is 0.238 e. The summed E-state index contributed by atoms with van der Waals surface area (Å²) in [5.41, 5.74) is 1.90. The monoisotopic (exact) mass is 382 g/mol. The maximum atomic E-state index is 13.0. The van der Waals surface area contributed by atoms with Crippen molar-refractivity contribution in [1.82, 2.24) is 4.90 Å². The van der Waals surface area contributed by atoms with Crippen molar-refractivity contribution in [2.75, 3.05) is 12.4 Å². The Balaban J connectivity index is 1.44. The van der Waals surface area contributed by atoms with E-state index in [1.807, 2.05) is 53.4 Å². The van der Waals surface area contributed by atoms with Gasteiger partial charge in [0, 0.05) is 23.9 Å². The van der Waals surface area contributed by atoms with Crippen molar-refractivity contribution in [2.24, 2.45) is 0 Å². The van der Waals surface area contributed by atoms with Gasteiger partial charge in [0.15, 0.2) is 0 Å². The number of anilines is 1. The minimum atomic E-state index is -0.385. The number of nitrogens with zero attached hydrogens (tertiary/aromatic N) is 1. The number of rotatable bonds is 6. The Hall–Kier alpha value is -2.47. The molecule has 140 valence electrons. The predicted octanol–water partition coefficient (Wildman–Crippen LogP) is 3.69. The van der Waals surface area contributed by atoms with E-state index in [0.717, 1.165) is 34.7 Å². The van der Waals surface area contributed by atoms with Crippen LogP contribution in [0.25, 0.3) is 0 Å². The quantitative estimate of drug-likeness (QED) is 0.828. The van der Waals surface area contributed by atoms with Crippen LogP contribution < -0.4 is 10.1 Å². The number of benzene rings is 2. The molecule has 27 heavy (non-hydrogen) atoms. The van der Waals surface area contributed by atoms with Gasteiger partial charge < -0.3 is 15.0 Å². The molecule has 0 aromatic heterocycles. The van der Waals surface area contributed by atoms with E-state index in [9.17, 15) is 9.59 Å². The number of para-hydroxylation sites is 1. The second-order valence-corrected chi connectivity index (χ2v) is 8.14. The highest BCUT2D eigenvalue weighted by atomic mass is 32.2. The number of carbonyl (C=O) groups excluding carboxylic acids is 2. The molecule has 1 aliphatic heterocycles. The van der Waals surface area contributed by atoms with Crippen LogP contribution in [0.1, 0.15) is 24.8 Å². The van der Waals surface area contributed by atoms with Crippen LogP contribution in [0, 0.1) is 0 Å². The van der Waals surface area contributed by atoms with Gasteiger partial charge in [0.2, 0.25) is 11.8 Å². The minimum Gasteiger partial charge on any atom is -0.497 e. The fourth-order valence-electron chi connectivity index (χ4n) is 3.24. The molecule has 2 amide bonds. The van der Waals surface area contributed by atoms with Gasteiger partial charge in [-0.2, -0.15) is 0 Å². The maximum absolute atomic E-state index is 13.0. The third kappa shape index (κ3) is 4.11. The van der Waals surface area contributed by atoms with Crippen LogP contribution in [0.5, 0.6) is 5.75 Å². The Morgan fingerprint density at radius 3 is 2.63 bits per heavy atom. The third-order valence-electron chi connectivity index (χ3n) is 4.89. The average Bonchev–Trinajstić information content (AvgIpc) is 3.52. The van der Waals surface area contributed by atoms with Crippen molar-refractivity contribution in [2.45, 2.75) is 42.0 Å². The van der Waals surface area contributed by atoms with Crippen LogP contribution in [-0.2, 0) is 16.1 Å². The molecule has 0 saturated heterocycles. The second-order valence-electron chi connectivity index (χ2n) is 6.90. The number of ether oxygens (including phenoxy) is 1. The molecule has 4 rings (SSSR count). The van der Waals surface area contributed by atoms with E-state index in [1.54, 1.807) is 7.11 Å². The predicted molar refractivity (Wildman–Crippen MR) is 106 cm³/mol. The number of methoxy groups -OCH3 is 1. The third-order valence-corrected chi connectivity index (χ3v) is 6.16. The van der Waals surface area contributed by atoms with Crippen molar-refractivity contribution in [1.29, 1.82) is 0 Å². The number of thioether (sulfide) groups is 1. The topological polar surface area (TPSA) is 58.6 Å². The molecule has 1 atom stereocenters. The molecule has 1 saturated carbocycles. The summed E-state index contributed by atoms with van der Waals surface area (Å²) in [5.74, 6) is 0.754. The molecule has 1 aliphatic carbocycles. The molecule has 0 radical (unpaired) electrons. The lowest BCUT2D eigenvalue weighted by Crippen LogP contribution is -2.38. The molecular weight excluding hydrogens is 360 g/mol. The Kier molecular flexibility index (Phi) is 5.07. The standard InChI is InChI=1S/C21H22N2O3S/c1-26-16-10-6-14(7-11-16)13-23(15-8-9-15)20(24)12-19-21(25)22-17-4-2-3-5-18(17)27-19/h2-7,10-11,15,19H,8-9,12-13H2,1H3,(H,22,25)/t19-/m0/s1. The van der Waals surface area contributed by atoms with Crippen molar-refractivity contribution in [3.63, 3.8) is 0 Å². The summed E-state index contributed by atoms with van der Waals surface area (Å²) in [6, 6.07) is 15.8. The summed E-state index contributed by atoms with van der Waals surface area (Å²) in [4.78, 5) is 28.3. The highest BCUT2D eigenvalue weighted by Crippen LogP contribution is 2.38. The Morgan fingerprint density at radius 2 is 1.93 bits per heavy atom. The molecular formula is C21H22N2O3S. The molecule has 6 heteroatoms. The number of hydrogen-bond donors (Lipinski definition) is 1. The van der Waals surface area contributed by atoms with Gasteiger partial charge in [-0.3, -0.25) is 9.59 Å². The number of carbonyl (C=O) groups is 2. The zero-order valence-electron chi connectivity index (χ0n) is 15.2. The zero-order valence-corrected chi connectivity index (χ0v) is 16.0. The molecule has 0 bridgehead atoms. The Morgan fingerprint density at radius 1 is 1.19 bits per heavy atom. The smallest absolute Gasteiger partial charge is 0.238 e. The fourth-order valence-corrected chi connectivity index (χ4v) is 4.34. The largest absolute Gasteiger partial charge is 0.497 e. The summed E-state index contributed by atoms with van der Waals surface area (Å²) in [6.45, 7) is 0.573. The first-order valence-corrected chi connectivity index (χ1v) is 10.0. The zero-order chi connectivity index (χ0) is 18.8. The molecule has 5 nitrogen and oxygen atoms in total. The molecule has 0 unspecified atom stereocenters. The van der Waals surface area contributed by atoms with Gasteiger partial charge in [-0.05, 0) is 42.7 Å². The van der Waals surface area contributed by atoms with Gasteiger partial charge >= 0.3 is 0 Å². The highest BCUT2D eigenvalue weighted by Gasteiger charge is 2.36. The number of hydrogen-bond acceptors (Lipinski definition) is 4. The lowest BCUT2D eigenvalue weighted by Gasteiger charge is -2.27. The van der Waals surface area contributed by atoms with Crippen LogP contribution in [0.2, 0.25) is 0 Å². The molecule has 0 spiro atoms. The summed E-state index contributed by atoms with van der Waals surface area (Å²) in [5, 5.41) is 2.53. The van der Waals surface area contributed by atoms with Gasteiger partial charge in [0.1, 0.15) is 5.75 Å². The lowest BCUT2D eigenvalue weighted by atomic mass is 10.1. The van der Waals surface area contributed by atoms with Crippen molar-refractivity contribution >= 4 is 29.3 Å². The van der Waals surface area contributed by atoms with E-state index in [2.05, 4.69) is 5.32 Å².